The second kappa shape index (κ2) is 5.58. The smallest absolute Gasteiger partial charge is 0.138 e. The quantitative estimate of drug-likeness (QED) is 0.587. The maximum Gasteiger partial charge on any atom is 0.138 e. The predicted molar refractivity (Wildman–Crippen MR) is 90.6 cm³/mol. The van der Waals surface area contributed by atoms with Crippen molar-refractivity contribution in [2.24, 2.45) is 0 Å². The molecule has 0 atom stereocenters. The average Bonchev–Trinajstić information content (AvgIpc) is 3.26. The number of aromatic nitrogens is 3. The van der Waals surface area contributed by atoms with Gasteiger partial charge in [0.1, 0.15) is 5.82 Å². The Bertz CT molecular complexity index is 865. The standard InChI is InChI=1S/C18H13N3S/c1-2-5-13(6-3-1)16-17(15-7-4-12-22-15)21-18(20-16)14-8-10-19-11-9-14/h1-12H,(H,20,21). The minimum absolute atomic E-state index is 0.865. The molecule has 0 aliphatic heterocycles. The van der Waals surface area contributed by atoms with Crippen LogP contribution in [0.1, 0.15) is 0 Å². The van der Waals surface area contributed by atoms with Crippen molar-refractivity contribution in [3.05, 3.63) is 72.4 Å². The third kappa shape index (κ3) is 2.34. The van der Waals surface area contributed by atoms with E-state index in [1.165, 1.54) is 4.88 Å². The minimum Gasteiger partial charge on any atom is -0.337 e. The van der Waals surface area contributed by atoms with Crippen LogP contribution in [0.25, 0.3) is 33.2 Å². The van der Waals surface area contributed by atoms with Gasteiger partial charge < -0.3 is 4.98 Å². The van der Waals surface area contributed by atoms with E-state index in [0.717, 1.165) is 28.3 Å². The molecule has 0 saturated heterocycles. The molecule has 1 N–H and O–H groups in total. The van der Waals surface area contributed by atoms with E-state index >= 15 is 0 Å². The molecule has 0 radical (unpaired) electrons. The highest BCUT2D eigenvalue weighted by Crippen LogP contribution is 2.34. The Labute approximate surface area is 132 Å². The molecule has 3 aromatic heterocycles. The molecule has 0 fully saturated rings. The molecule has 0 spiro atoms. The molecular weight excluding hydrogens is 290 g/mol. The van der Waals surface area contributed by atoms with E-state index in [1.807, 2.05) is 30.3 Å². The normalized spacial score (nSPS) is 10.7. The summed E-state index contributed by atoms with van der Waals surface area (Å²) in [5.74, 6) is 0.865. The highest BCUT2D eigenvalue weighted by atomic mass is 32.1. The molecule has 22 heavy (non-hydrogen) atoms. The minimum atomic E-state index is 0.865. The van der Waals surface area contributed by atoms with Crippen LogP contribution in [-0.2, 0) is 0 Å². The van der Waals surface area contributed by atoms with Crippen molar-refractivity contribution in [3.63, 3.8) is 0 Å². The summed E-state index contributed by atoms with van der Waals surface area (Å²) in [6.07, 6.45) is 3.57. The van der Waals surface area contributed by atoms with E-state index in [4.69, 9.17) is 4.98 Å². The van der Waals surface area contributed by atoms with Gasteiger partial charge in [-0.2, -0.15) is 0 Å². The van der Waals surface area contributed by atoms with Gasteiger partial charge in [-0.05, 0) is 23.6 Å². The lowest BCUT2D eigenvalue weighted by molar-refractivity contribution is 1.27. The molecule has 4 rings (SSSR count). The van der Waals surface area contributed by atoms with Crippen LogP contribution in [0.4, 0.5) is 0 Å². The third-order valence-corrected chi connectivity index (χ3v) is 4.36. The molecule has 0 saturated carbocycles. The maximum absolute atomic E-state index is 4.83. The zero-order valence-corrected chi connectivity index (χ0v) is 12.5. The summed E-state index contributed by atoms with van der Waals surface area (Å²) in [7, 11) is 0. The Morgan fingerprint density at radius 3 is 2.36 bits per heavy atom. The first-order chi connectivity index (χ1) is 10.9. The number of rotatable bonds is 3. The first-order valence-electron chi connectivity index (χ1n) is 7.01. The SMILES string of the molecule is c1ccc(-c2nc(-c3ccncc3)[nH]c2-c2cccs2)cc1. The number of benzene rings is 1. The summed E-state index contributed by atoms with van der Waals surface area (Å²) in [5.41, 5.74) is 4.19. The maximum atomic E-state index is 4.83. The van der Waals surface area contributed by atoms with E-state index in [2.05, 4.69) is 39.6 Å². The number of hydrogen-bond donors (Lipinski definition) is 1. The van der Waals surface area contributed by atoms with Gasteiger partial charge in [0, 0.05) is 23.5 Å². The van der Waals surface area contributed by atoms with E-state index in [0.29, 0.717) is 0 Å². The number of thiophene rings is 1. The Morgan fingerprint density at radius 2 is 1.64 bits per heavy atom. The van der Waals surface area contributed by atoms with Gasteiger partial charge in [0.25, 0.3) is 0 Å². The summed E-state index contributed by atoms with van der Waals surface area (Å²) in [6.45, 7) is 0. The zero-order chi connectivity index (χ0) is 14.8. The highest BCUT2D eigenvalue weighted by molar-refractivity contribution is 7.13. The van der Waals surface area contributed by atoms with E-state index < -0.39 is 0 Å². The molecule has 0 amide bonds. The van der Waals surface area contributed by atoms with Gasteiger partial charge in [-0.1, -0.05) is 36.4 Å². The molecular formula is C18H13N3S. The van der Waals surface area contributed by atoms with Crippen LogP contribution in [0.15, 0.2) is 72.4 Å². The fourth-order valence-corrected chi connectivity index (χ4v) is 3.15. The topological polar surface area (TPSA) is 41.6 Å². The van der Waals surface area contributed by atoms with Crippen molar-refractivity contribution < 1.29 is 0 Å². The van der Waals surface area contributed by atoms with Crippen molar-refractivity contribution in [1.29, 1.82) is 0 Å². The fourth-order valence-electron chi connectivity index (χ4n) is 2.42. The van der Waals surface area contributed by atoms with Gasteiger partial charge in [-0.15, -0.1) is 11.3 Å². The Morgan fingerprint density at radius 1 is 0.818 bits per heavy atom. The lowest BCUT2D eigenvalue weighted by Crippen LogP contribution is -1.81. The predicted octanol–water partition coefficient (Wildman–Crippen LogP) is 4.87. The van der Waals surface area contributed by atoms with E-state index in [9.17, 15) is 0 Å². The van der Waals surface area contributed by atoms with Crippen molar-refractivity contribution in [2.75, 3.05) is 0 Å². The molecule has 3 heterocycles. The number of nitrogens with one attached hydrogen (secondary N) is 1. The van der Waals surface area contributed by atoms with Crippen LogP contribution in [0.5, 0.6) is 0 Å². The molecule has 4 heteroatoms. The van der Waals surface area contributed by atoms with Crippen LogP contribution in [0.2, 0.25) is 0 Å². The number of pyridine rings is 1. The summed E-state index contributed by atoms with van der Waals surface area (Å²) in [4.78, 5) is 13.6. The van der Waals surface area contributed by atoms with Gasteiger partial charge in [0.05, 0.1) is 16.3 Å². The largest absolute Gasteiger partial charge is 0.337 e. The first kappa shape index (κ1) is 13.0. The zero-order valence-electron chi connectivity index (χ0n) is 11.7. The van der Waals surface area contributed by atoms with Gasteiger partial charge >= 0.3 is 0 Å². The second-order valence-electron chi connectivity index (χ2n) is 4.89. The van der Waals surface area contributed by atoms with Crippen LogP contribution in [0, 0.1) is 0 Å². The highest BCUT2D eigenvalue weighted by Gasteiger charge is 2.15. The molecule has 106 valence electrons. The lowest BCUT2D eigenvalue weighted by Gasteiger charge is -1.99. The summed E-state index contributed by atoms with van der Waals surface area (Å²) >= 11 is 1.71. The van der Waals surface area contributed by atoms with Crippen LogP contribution >= 0.6 is 11.3 Å². The Hall–Kier alpha value is -2.72. The van der Waals surface area contributed by atoms with Crippen molar-refractivity contribution in [1.82, 2.24) is 15.0 Å². The summed E-state index contributed by atoms with van der Waals surface area (Å²) in [6, 6.07) is 18.4. The molecule has 4 aromatic rings. The van der Waals surface area contributed by atoms with Crippen molar-refractivity contribution >= 4 is 11.3 Å². The molecule has 1 aromatic carbocycles. The third-order valence-electron chi connectivity index (χ3n) is 3.47. The first-order valence-corrected chi connectivity index (χ1v) is 7.89. The van der Waals surface area contributed by atoms with Crippen LogP contribution < -0.4 is 0 Å². The average molecular weight is 303 g/mol. The monoisotopic (exact) mass is 303 g/mol. The van der Waals surface area contributed by atoms with Gasteiger partial charge in [-0.3, -0.25) is 4.98 Å². The molecule has 3 nitrogen and oxygen atoms in total. The van der Waals surface area contributed by atoms with E-state index in [1.54, 1.807) is 23.7 Å². The van der Waals surface area contributed by atoms with E-state index in [-0.39, 0.29) is 0 Å². The summed E-state index contributed by atoms with van der Waals surface area (Å²) in [5, 5.41) is 2.08. The molecule has 0 unspecified atom stereocenters. The number of imidazole rings is 1. The Kier molecular flexibility index (Phi) is 3.29. The Balaban J connectivity index is 1.91. The number of hydrogen-bond acceptors (Lipinski definition) is 3. The van der Waals surface area contributed by atoms with Gasteiger partial charge in [0.15, 0.2) is 0 Å². The molecule has 0 aliphatic rings. The second-order valence-corrected chi connectivity index (χ2v) is 5.84. The van der Waals surface area contributed by atoms with Gasteiger partial charge in [-0.25, -0.2) is 4.98 Å². The fraction of sp³-hybridized carbons (Fsp3) is 0. The lowest BCUT2D eigenvalue weighted by atomic mass is 10.1. The molecule has 0 bridgehead atoms. The number of aromatic amines is 1. The van der Waals surface area contributed by atoms with Crippen molar-refractivity contribution in [3.8, 4) is 33.2 Å². The molecule has 0 aliphatic carbocycles. The van der Waals surface area contributed by atoms with Gasteiger partial charge in [0.2, 0.25) is 0 Å². The number of H-pyrrole nitrogens is 1. The van der Waals surface area contributed by atoms with Crippen LogP contribution in [0.3, 0.4) is 0 Å². The van der Waals surface area contributed by atoms with Crippen LogP contribution in [-0.4, -0.2) is 15.0 Å². The van der Waals surface area contributed by atoms with Crippen molar-refractivity contribution in [2.45, 2.75) is 0 Å². The number of nitrogens with zero attached hydrogens (tertiary/aromatic N) is 2. The summed E-state index contributed by atoms with van der Waals surface area (Å²) < 4.78 is 0.